The van der Waals surface area contributed by atoms with Gasteiger partial charge < -0.3 is 18.9 Å². The van der Waals surface area contributed by atoms with E-state index in [0.29, 0.717) is 13.2 Å². The second kappa shape index (κ2) is 12.5. The summed E-state index contributed by atoms with van der Waals surface area (Å²) in [5, 5.41) is 0. The Kier molecular flexibility index (Phi) is 10.3. The standard InChI is InChI=1S/C28H44O4/c1-20(2)11-9-12-21(3)13-10-15-28(7)16-14-25-24(6)26(31-19-30-18-17-29-8)22(4)23(5)27(25)32-28/h11,13H,9-10,12,14-19H2,1-8H3/b21-13+. The third-order valence-corrected chi connectivity index (χ3v) is 6.54. The van der Waals surface area contributed by atoms with Gasteiger partial charge in [-0.25, -0.2) is 0 Å². The first-order valence-electron chi connectivity index (χ1n) is 12.0. The number of allylic oxidation sites excluding steroid dienone is 4. The van der Waals surface area contributed by atoms with Gasteiger partial charge in [-0.15, -0.1) is 0 Å². The molecule has 1 atom stereocenters. The molecule has 0 saturated carbocycles. The summed E-state index contributed by atoms with van der Waals surface area (Å²) >= 11 is 0. The SMILES string of the molecule is COCCOCOc1c(C)c(C)c2c(c1C)CCC(C)(CC/C=C(\C)CCC=C(C)C)O2. The quantitative estimate of drug-likeness (QED) is 0.195. The lowest BCUT2D eigenvalue weighted by atomic mass is 9.85. The normalized spacial score (nSPS) is 18.2. The highest BCUT2D eigenvalue weighted by Gasteiger charge is 2.34. The Balaban J connectivity index is 2.03. The molecule has 0 aliphatic carbocycles. The lowest BCUT2D eigenvalue weighted by molar-refractivity contribution is -0.00936. The molecule has 0 saturated heterocycles. The summed E-state index contributed by atoms with van der Waals surface area (Å²) in [5.41, 5.74) is 7.51. The molecule has 0 fully saturated rings. The summed E-state index contributed by atoms with van der Waals surface area (Å²) in [6.45, 7) is 16.6. The van der Waals surface area contributed by atoms with Crippen LogP contribution in [-0.4, -0.2) is 32.7 Å². The first-order chi connectivity index (χ1) is 15.2. The Morgan fingerprint density at radius 3 is 2.44 bits per heavy atom. The van der Waals surface area contributed by atoms with Gasteiger partial charge in [-0.2, -0.15) is 0 Å². The van der Waals surface area contributed by atoms with Crippen LogP contribution in [0.5, 0.6) is 11.5 Å². The van der Waals surface area contributed by atoms with E-state index in [1.807, 2.05) is 0 Å². The van der Waals surface area contributed by atoms with E-state index in [9.17, 15) is 0 Å². The Hall–Kier alpha value is -1.78. The number of hydrogen-bond donors (Lipinski definition) is 0. The van der Waals surface area contributed by atoms with Crippen LogP contribution in [0.1, 0.15) is 82.1 Å². The lowest BCUT2D eigenvalue weighted by Crippen LogP contribution is -2.37. The fourth-order valence-electron chi connectivity index (χ4n) is 4.29. The van der Waals surface area contributed by atoms with Crippen molar-refractivity contribution in [2.24, 2.45) is 0 Å². The molecule has 1 aliphatic rings. The molecule has 1 aromatic carbocycles. The molecule has 0 N–H and O–H groups in total. The monoisotopic (exact) mass is 444 g/mol. The minimum atomic E-state index is -0.126. The zero-order chi connectivity index (χ0) is 23.7. The van der Waals surface area contributed by atoms with Crippen molar-refractivity contribution in [3.8, 4) is 11.5 Å². The van der Waals surface area contributed by atoms with Gasteiger partial charge in [0.15, 0.2) is 6.79 Å². The summed E-state index contributed by atoms with van der Waals surface area (Å²) in [6, 6.07) is 0. The van der Waals surface area contributed by atoms with Gasteiger partial charge in [0.2, 0.25) is 0 Å². The zero-order valence-corrected chi connectivity index (χ0v) is 21.7. The molecule has 1 aliphatic heterocycles. The second-order valence-corrected chi connectivity index (χ2v) is 9.64. The van der Waals surface area contributed by atoms with Crippen LogP contribution in [0.15, 0.2) is 23.3 Å². The van der Waals surface area contributed by atoms with Gasteiger partial charge in [-0.3, -0.25) is 0 Å². The van der Waals surface area contributed by atoms with E-state index in [-0.39, 0.29) is 12.4 Å². The maximum atomic E-state index is 6.68. The first kappa shape index (κ1) is 26.5. The van der Waals surface area contributed by atoms with Gasteiger partial charge in [0, 0.05) is 12.7 Å². The Morgan fingerprint density at radius 2 is 1.75 bits per heavy atom. The summed E-state index contributed by atoms with van der Waals surface area (Å²) in [6.07, 6.45) is 11.1. The molecule has 0 spiro atoms. The topological polar surface area (TPSA) is 36.9 Å². The van der Waals surface area contributed by atoms with Crippen LogP contribution in [0.4, 0.5) is 0 Å². The Labute approximate surface area is 196 Å². The summed E-state index contributed by atoms with van der Waals surface area (Å²) in [7, 11) is 1.67. The number of methoxy groups -OCH3 is 1. The predicted molar refractivity (Wildman–Crippen MR) is 133 cm³/mol. The second-order valence-electron chi connectivity index (χ2n) is 9.64. The number of rotatable bonds is 12. The van der Waals surface area contributed by atoms with E-state index in [2.05, 4.69) is 60.6 Å². The highest BCUT2D eigenvalue weighted by molar-refractivity contribution is 5.59. The number of benzene rings is 1. The van der Waals surface area contributed by atoms with E-state index in [1.54, 1.807) is 7.11 Å². The van der Waals surface area contributed by atoms with Crippen LogP contribution >= 0.6 is 0 Å². The van der Waals surface area contributed by atoms with Crippen LogP contribution in [-0.2, 0) is 15.9 Å². The van der Waals surface area contributed by atoms with E-state index < -0.39 is 0 Å². The lowest BCUT2D eigenvalue weighted by Gasteiger charge is -2.38. The van der Waals surface area contributed by atoms with E-state index >= 15 is 0 Å². The van der Waals surface area contributed by atoms with Crippen LogP contribution in [0.3, 0.4) is 0 Å². The van der Waals surface area contributed by atoms with Crippen molar-refractivity contribution >= 4 is 0 Å². The smallest absolute Gasteiger partial charge is 0.189 e. The largest absolute Gasteiger partial charge is 0.487 e. The van der Waals surface area contributed by atoms with Crippen molar-refractivity contribution in [1.29, 1.82) is 0 Å². The number of ether oxygens (including phenoxy) is 4. The fraction of sp³-hybridized carbons (Fsp3) is 0.643. The van der Waals surface area contributed by atoms with Crippen molar-refractivity contribution in [1.82, 2.24) is 0 Å². The molecule has 1 unspecified atom stereocenters. The van der Waals surface area contributed by atoms with Crippen molar-refractivity contribution in [2.75, 3.05) is 27.1 Å². The Bertz CT molecular complexity index is 817. The predicted octanol–water partition coefficient (Wildman–Crippen LogP) is 7.17. The van der Waals surface area contributed by atoms with Crippen LogP contribution in [0, 0.1) is 20.8 Å². The van der Waals surface area contributed by atoms with Gasteiger partial charge in [-0.1, -0.05) is 23.3 Å². The van der Waals surface area contributed by atoms with E-state index in [1.165, 1.54) is 27.8 Å². The molecule has 1 aromatic rings. The number of fused-ring (bicyclic) bond motifs is 1. The maximum absolute atomic E-state index is 6.68. The van der Waals surface area contributed by atoms with Gasteiger partial charge in [0.05, 0.1) is 13.2 Å². The van der Waals surface area contributed by atoms with Crippen molar-refractivity contribution in [3.63, 3.8) is 0 Å². The molecule has 4 nitrogen and oxygen atoms in total. The van der Waals surface area contributed by atoms with E-state index in [4.69, 9.17) is 18.9 Å². The minimum Gasteiger partial charge on any atom is -0.487 e. The van der Waals surface area contributed by atoms with Crippen LogP contribution in [0.25, 0.3) is 0 Å². The van der Waals surface area contributed by atoms with E-state index in [0.717, 1.165) is 55.6 Å². The summed E-state index contributed by atoms with van der Waals surface area (Å²) < 4.78 is 23.2. The van der Waals surface area contributed by atoms with Gasteiger partial charge >= 0.3 is 0 Å². The van der Waals surface area contributed by atoms with Gasteiger partial charge in [0.1, 0.15) is 17.1 Å². The average molecular weight is 445 g/mol. The third kappa shape index (κ3) is 7.38. The van der Waals surface area contributed by atoms with Crippen molar-refractivity contribution in [2.45, 2.75) is 92.6 Å². The highest BCUT2D eigenvalue weighted by Crippen LogP contribution is 2.44. The van der Waals surface area contributed by atoms with Crippen molar-refractivity contribution in [3.05, 3.63) is 45.6 Å². The third-order valence-electron chi connectivity index (χ3n) is 6.54. The van der Waals surface area contributed by atoms with Crippen LogP contribution in [0.2, 0.25) is 0 Å². The molecule has 0 bridgehead atoms. The molecule has 0 radical (unpaired) electrons. The zero-order valence-electron chi connectivity index (χ0n) is 21.7. The molecule has 180 valence electrons. The molecular weight excluding hydrogens is 400 g/mol. The first-order valence-corrected chi connectivity index (χ1v) is 12.0. The molecule has 4 heteroatoms. The Morgan fingerprint density at radius 1 is 1.00 bits per heavy atom. The minimum absolute atomic E-state index is 0.126. The van der Waals surface area contributed by atoms with Gasteiger partial charge in [-0.05, 0) is 104 Å². The molecule has 32 heavy (non-hydrogen) atoms. The van der Waals surface area contributed by atoms with Gasteiger partial charge in [0.25, 0.3) is 0 Å². The van der Waals surface area contributed by atoms with Crippen molar-refractivity contribution < 1.29 is 18.9 Å². The van der Waals surface area contributed by atoms with Crippen LogP contribution < -0.4 is 9.47 Å². The maximum Gasteiger partial charge on any atom is 0.189 e. The highest BCUT2D eigenvalue weighted by atomic mass is 16.7. The summed E-state index contributed by atoms with van der Waals surface area (Å²) in [5.74, 6) is 1.99. The molecule has 0 amide bonds. The molecule has 0 aromatic heterocycles. The number of hydrogen-bond acceptors (Lipinski definition) is 4. The molecule has 2 rings (SSSR count). The summed E-state index contributed by atoms with van der Waals surface area (Å²) in [4.78, 5) is 0. The molecular formula is C28H44O4. The molecule has 1 heterocycles. The average Bonchev–Trinajstić information content (AvgIpc) is 2.73. The fourth-order valence-corrected chi connectivity index (χ4v) is 4.29.